The normalized spacial score (nSPS) is 10.4. The van der Waals surface area contributed by atoms with Crippen molar-refractivity contribution in [2.45, 2.75) is 10.2 Å². The predicted molar refractivity (Wildman–Crippen MR) is 52.2 cm³/mol. The van der Waals surface area contributed by atoms with Gasteiger partial charge in [0.05, 0.1) is 0 Å². The van der Waals surface area contributed by atoms with Gasteiger partial charge in [0.2, 0.25) is 0 Å². The number of aryl methyl sites for hydroxylation is 1. The van der Waals surface area contributed by atoms with Crippen LogP contribution >= 0.6 is 23.4 Å². The molecular formula is C7H6ClN5S. The average molecular weight is 228 g/mol. The summed E-state index contributed by atoms with van der Waals surface area (Å²) in [6, 6.07) is 0. The fourth-order valence-corrected chi connectivity index (χ4v) is 1.76. The second-order valence-electron chi connectivity index (χ2n) is 2.42. The van der Waals surface area contributed by atoms with Crippen LogP contribution in [0, 0.1) is 0 Å². The summed E-state index contributed by atoms with van der Waals surface area (Å²) < 4.78 is 1.65. The van der Waals surface area contributed by atoms with Gasteiger partial charge >= 0.3 is 0 Å². The van der Waals surface area contributed by atoms with Crippen LogP contribution < -0.4 is 0 Å². The van der Waals surface area contributed by atoms with Crippen LogP contribution in [0.5, 0.6) is 0 Å². The van der Waals surface area contributed by atoms with Crippen molar-refractivity contribution in [2.75, 3.05) is 0 Å². The minimum absolute atomic E-state index is 0.375. The van der Waals surface area contributed by atoms with Gasteiger partial charge in [0.15, 0.2) is 10.3 Å². The Morgan fingerprint density at radius 1 is 1.29 bits per heavy atom. The lowest BCUT2D eigenvalue weighted by atomic mass is 10.8. The summed E-state index contributed by atoms with van der Waals surface area (Å²) in [6.07, 6.45) is 4.61. The van der Waals surface area contributed by atoms with E-state index < -0.39 is 0 Å². The molecule has 2 aromatic heterocycles. The number of rotatable bonds is 2. The fourth-order valence-electron chi connectivity index (χ4n) is 0.841. The quantitative estimate of drug-likeness (QED) is 0.777. The maximum atomic E-state index is 5.84. The van der Waals surface area contributed by atoms with E-state index >= 15 is 0 Å². The molecule has 2 aromatic rings. The molecule has 0 amide bonds. The van der Waals surface area contributed by atoms with Crippen LogP contribution in [-0.4, -0.2) is 24.7 Å². The van der Waals surface area contributed by atoms with E-state index in [0.29, 0.717) is 10.2 Å². The molecule has 0 fully saturated rings. The maximum absolute atomic E-state index is 5.84. The third-order valence-corrected chi connectivity index (χ3v) is 2.91. The van der Waals surface area contributed by atoms with Crippen molar-refractivity contribution in [3.05, 3.63) is 23.9 Å². The lowest BCUT2D eigenvalue weighted by Gasteiger charge is -1.99. The molecule has 0 radical (unpaired) electrons. The first-order valence-electron chi connectivity index (χ1n) is 3.76. The zero-order valence-corrected chi connectivity index (χ0v) is 8.83. The van der Waals surface area contributed by atoms with Gasteiger partial charge < -0.3 is 0 Å². The number of nitrogens with zero attached hydrogens (tertiary/aromatic N) is 5. The minimum Gasteiger partial charge on any atom is -0.245 e. The molecule has 0 spiro atoms. The molecule has 0 saturated heterocycles. The first-order chi connectivity index (χ1) is 6.77. The van der Waals surface area contributed by atoms with Crippen molar-refractivity contribution >= 4 is 23.4 Å². The van der Waals surface area contributed by atoms with Gasteiger partial charge in [0.1, 0.15) is 11.4 Å². The van der Waals surface area contributed by atoms with Gasteiger partial charge in [0.25, 0.3) is 0 Å². The van der Waals surface area contributed by atoms with Gasteiger partial charge in [-0.25, -0.2) is 19.6 Å². The van der Waals surface area contributed by atoms with Gasteiger partial charge in [-0.05, 0) is 11.8 Å². The minimum atomic E-state index is 0.375. The van der Waals surface area contributed by atoms with E-state index in [9.17, 15) is 0 Å². The van der Waals surface area contributed by atoms with Crippen LogP contribution in [0.1, 0.15) is 0 Å². The third kappa shape index (κ3) is 1.85. The van der Waals surface area contributed by atoms with Gasteiger partial charge in [-0.3, -0.25) is 0 Å². The molecule has 5 nitrogen and oxygen atoms in total. The molecule has 7 heteroatoms. The van der Waals surface area contributed by atoms with Crippen molar-refractivity contribution in [3.63, 3.8) is 0 Å². The Hall–Kier alpha value is -1.14. The van der Waals surface area contributed by atoms with E-state index in [0.717, 1.165) is 5.16 Å². The molecule has 0 aliphatic carbocycles. The van der Waals surface area contributed by atoms with Gasteiger partial charge in [-0.2, -0.15) is 5.10 Å². The second kappa shape index (κ2) is 3.93. The highest BCUT2D eigenvalue weighted by Gasteiger charge is 2.08. The van der Waals surface area contributed by atoms with Crippen LogP contribution in [0.4, 0.5) is 0 Å². The van der Waals surface area contributed by atoms with Crippen molar-refractivity contribution in [3.8, 4) is 0 Å². The van der Waals surface area contributed by atoms with Gasteiger partial charge in [-0.15, -0.1) is 0 Å². The number of halogens is 1. The molecule has 72 valence electrons. The molecule has 0 saturated carbocycles. The maximum Gasteiger partial charge on any atom is 0.192 e. The monoisotopic (exact) mass is 227 g/mol. The molecule has 0 aromatic carbocycles. The molecular weight excluding hydrogens is 222 g/mol. The Morgan fingerprint density at radius 2 is 2.07 bits per heavy atom. The van der Waals surface area contributed by atoms with Crippen LogP contribution in [0.3, 0.4) is 0 Å². The molecule has 0 unspecified atom stereocenters. The van der Waals surface area contributed by atoms with Crippen LogP contribution in [0.15, 0.2) is 28.9 Å². The summed E-state index contributed by atoms with van der Waals surface area (Å²) in [4.78, 5) is 12.0. The van der Waals surface area contributed by atoms with E-state index in [4.69, 9.17) is 11.6 Å². The standard InChI is InChI=1S/C7H6ClN5S/c1-13-7(11-4-12-13)14-6-5(8)9-2-3-10-6/h2-4H,1H3. The summed E-state index contributed by atoms with van der Waals surface area (Å²) >= 11 is 7.17. The molecule has 0 N–H and O–H groups in total. The van der Waals surface area contributed by atoms with Crippen molar-refractivity contribution in [2.24, 2.45) is 7.05 Å². The number of hydrogen-bond acceptors (Lipinski definition) is 5. The van der Waals surface area contributed by atoms with Crippen molar-refractivity contribution in [1.29, 1.82) is 0 Å². The summed E-state index contributed by atoms with van der Waals surface area (Å²) in [7, 11) is 1.81. The Balaban J connectivity index is 2.28. The third-order valence-electron chi connectivity index (χ3n) is 1.48. The zero-order valence-electron chi connectivity index (χ0n) is 7.25. The number of aromatic nitrogens is 5. The molecule has 2 heterocycles. The van der Waals surface area contributed by atoms with E-state index in [1.165, 1.54) is 18.1 Å². The number of hydrogen-bond donors (Lipinski definition) is 0. The van der Waals surface area contributed by atoms with Crippen molar-refractivity contribution < 1.29 is 0 Å². The molecule has 0 bridgehead atoms. The SMILES string of the molecule is Cn1ncnc1Sc1nccnc1Cl. The summed E-state index contributed by atoms with van der Waals surface area (Å²) in [5.74, 6) is 0. The Labute approximate surface area is 89.5 Å². The lowest BCUT2D eigenvalue weighted by molar-refractivity contribution is 0.684. The van der Waals surface area contributed by atoms with E-state index in [1.54, 1.807) is 24.1 Å². The topological polar surface area (TPSA) is 56.5 Å². The zero-order chi connectivity index (χ0) is 9.97. The Morgan fingerprint density at radius 3 is 2.71 bits per heavy atom. The molecule has 0 aliphatic heterocycles. The van der Waals surface area contributed by atoms with Crippen LogP contribution in [-0.2, 0) is 7.05 Å². The largest absolute Gasteiger partial charge is 0.245 e. The fraction of sp³-hybridized carbons (Fsp3) is 0.143. The van der Waals surface area contributed by atoms with Crippen LogP contribution in [0.2, 0.25) is 5.15 Å². The summed E-state index contributed by atoms with van der Waals surface area (Å²) in [6.45, 7) is 0. The first kappa shape index (κ1) is 9.42. The lowest BCUT2D eigenvalue weighted by Crippen LogP contribution is -1.93. The average Bonchev–Trinajstić information content (AvgIpc) is 2.56. The Bertz CT molecular complexity index is 443. The van der Waals surface area contributed by atoms with Gasteiger partial charge in [0, 0.05) is 19.4 Å². The smallest absolute Gasteiger partial charge is 0.192 e. The second-order valence-corrected chi connectivity index (χ2v) is 3.73. The molecule has 14 heavy (non-hydrogen) atoms. The highest BCUT2D eigenvalue weighted by atomic mass is 35.5. The van der Waals surface area contributed by atoms with Crippen LogP contribution in [0.25, 0.3) is 0 Å². The highest BCUT2D eigenvalue weighted by molar-refractivity contribution is 7.99. The predicted octanol–water partition coefficient (Wildman–Crippen LogP) is 1.41. The first-order valence-corrected chi connectivity index (χ1v) is 4.95. The molecule has 2 rings (SSSR count). The summed E-state index contributed by atoms with van der Waals surface area (Å²) in [5.41, 5.74) is 0. The van der Waals surface area contributed by atoms with E-state index in [1.807, 2.05) is 0 Å². The molecule has 0 atom stereocenters. The Kier molecular flexibility index (Phi) is 2.64. The molecule has 0 aliphatic rings. The van der Waals surface area contributed by atoms with E-state index in [-0.39, 0.29) is 0 Å². The van der Waals surface area contributed by atoms with E-state index in [2.05, 4.69) is 20.1 Å². The highest BCUT2D eigenvalue weighted by Crippen LogP contribution is 2.27. The van der Waals surface area contributed by atoms with Gasteiger partial charge in [-0.1, -0.05) is 11.6 Å². The summed E-state index contributed by atoms with van der Waals surface area (Å²) in [5, 5.41) is 5.67. The van der Waals surface area contributed by atoms with Crippen molar-refractivity contribution in [1.82, 2.24) is 24.7 Å².